The van der Waals surface area contributed by atoms with Crippen molar-refractivity contribution in [2.75, 3.05) is 0 Å². The first kappa shape index (κ1) is 19.7. The van der Waals surface area contributed by atoms with Crippen LogP contribution in [0.25, 0.3) is 16.7 Å². The molecule has 3 aromatic heterocycles. The first-order valence-electron chi connectivity index (χ1n) is 9.92. The SMILES string of the molecule is CC1CC(c2cccc(-n3cc(F)c4nc(C(N)=O)cc(Cl)c43)c2)(c2nncn2C)C1. The standard InChI is InChI=1S/C22H20ClFN6O/c1-12-8-22(9-12,21-28-26-11-29(21)2)13-4-3-5-14(6-13)30-10-16(24)18-19(30)15(23)7-17(27-18)20(25)31/h3-7,10-12H,8-9H2,1-2H3,(H2,25,31). The van der Waals surface area contributed by atoms with E-state index in [2.05, 4.69) is 28.2 Å². The number of benzene rings is 1. The summed E-state index contributed by atoms with van der Waals surface area (Å²) in [7, 11) is 1.94. The van der Waals surface area contributed by atoms with Crippen molar-refractivity contribution < 1.29 is 9.18 Å². The van der Waals surface area contributed by atoms with E-state index in [1.54, 1.807) is 10.9 Å². The van der Waals surface area contributed by atoms with E-state index in [1.807, 2.05) is 29.8 Å². The van der Waals surface area contributed by atoms with Gasteiger partial charge in [0, 0.05) is 18.9 Å². The Morgan fingerprint density at radius 3 is 2.74 bits per heavy atom. The van der Waals surface area contributed by atoms with Gasteiger partial charge in [0.1, 0.15) is 23.4 Å². The van der Waals surface area contributed by atoms with E-state index in [9.17, 15) is 9.18 Å². The molecule has 0 bridgehead atoms. The lowest BCUT2D eigenvalue weighted by atomic mass is 9.58. The molecule has 2 N–H and O–H groups in total. The fourth-order valence-corrected chi connectivity index (χ4v) is 5.10. The number of fused-ring (bicyclic) bond motifs is 1. The third-order valence-corrected chi connectivity index (χ3v) is 6.41. The van der Waals surface area contributed by atoms with Gasteiger partial charge in [0.15, 0.2) is 5.82 Å². The third kappa shape index (κ3) is 2.93. The zero-order valence-corrected chi connectivity index (χ0v) is 17.8. The minimum Gasteiger partial charge on any atom is -0.364 e. The number of carbonyl (C=O) groups excluding carboxylic acids is 1. The predicted molar refractivity (Wildman–Crippen MR) is 115 cm³/mol. The number of rotatable bonds is 4. The summed E-state index contributed by atoms with van der Waals surface area (Å²) >= 11 is 6.41. The molecule has 158 valence electrons. The highest BCUT2D eigenvalue weighted by Crippen LogP contribution is 2.51. The maximum absolute atomic E-state index is 14.7. The number of aromatic nitrogens is 5. The Labute approximate surface area is 182 Å². The van der Waals surface area contributed by atoms with Gasteiger partial charge in [0.05, 0.1) is 16.0 Å². The van der Waals surface area contributed by atoms with Gasteiger partial charge in [-0.2, -0.15) is 0 Å². The van der Waals surface area contributed by atoms with E-state index >= 15 is 0 Å². The number of aryl methyl sites for hydroxylation is 1. The Morgan fingerprint density at radius 1 is 1.32 bits per heavy atom. The fraction of sp³-hybridized carbons (Fsp3) is 0.273. The first-order chi connectivity index (χ1) is 14.8. The average Bonchev–Trinajstić information content (AvgIpc) is 3.29. The lowest BCUT2D eigenvalue weighted by Crippen LogP contribution is -2.43. The molecule has 1 fully saturated rings. The number of nitrogens with zero attached hydrogens (tertiary/aromatic N) is 5. The number of hydrogen-bond donors (Lipinski definition) is 1. The number of nitrogens with two attached hydrogens (primary N) is 1. The van der Waals surface area contributed by atoms with E-state index in [0.717, 1.165) is 29.9 Å². The Balaban J connectivity index is 1.67. The van der Waals surface area contributed by atoms with E-state index < -0.39 is 11.7 Å². The van der Waals surface area contributed by atoms with E-state index in [0.29, 0.717) is 11.4 Å². The van der Waals surface area contributed by atoms with Crippen LogP contribution in [0.1, 0.15) is 41.6 Å². The molecule has 1 saturated carbocycles. The number of pyridine rings is 1. The molecule has 1 aliphatic carbocycles. The first-order valence-corrected chi connectivity index (χ1v) is 10.3. The second-order valence-electron chi connectivity index (χ2n) is 8.31. The predicted octanol–water partition coefficient (Wildman–Crippen LogP) is 3.76. The second kappa shape index (κ2) is 6.88. The lowest BCUT2D eigenvalue weighted by molar-refractivity contribution is 0.0996. The van der Waals surface area contributed by atoms with E-state index in [1.165, 1.54) is 12.3 Å². The van der Waals surface area contributed by atoms with Gasteiger partial charge in [0.25, 0.3) is 5.91 Å². The summed E-state index contributed by atoms with van der Waals surface area (Å²) in [6.07, 6.45) is 4.94. The van der Waals surface area contributed by atoms with Crippen molar-refractivity contribution in [1.29, 1.82) is 0 Å². The topological polar surface area (TPSA) is 91.6 Å². The molecule has 3 heterocycles. The van der Waals surface area contributed by atoms with Crippen LogP contribution in [-0.4, -0.2) is 30.2 Å². The van der Waals surface area contributed by atoms with Gasteiger partial charge in [0.2, 0.25) is 0 Å². The zero-order valence-electron chi connectivity index (χ0n) is 17.0. The molecule has 1 aliphatic rings. The normalized spacial score (nSPS) is 20.7. The molecule has 31 heavy (non-hydrogen) atoms. The third-order valence-electron chi connectivity index (χ3n) is 6.12. The number of primary amides is 1. The van der Waals surface area contributed by atoms with Crippen molar-refractivity contribution in [2.24, 2.45) is 18.7 Å². The molecule has 5 rings (SSSR count). The number of hydrogen-bond acceptors (Lipinski definition) is 4. The van der Waals surface area contributed by atoms with Gasteiger partial charge in [-0.3, -0.25) is 4.79 Å². The number of halogens is 2. The molecule has 0 saturated heterocycles. The van der Waals surface area contributed by atoms with Gasteiger partial charge in [-0.05, 0) is 42.5 Å². The van der Waals surface area contributed by atoms with Crippen LogP contribution in [0.4, 0.5) is 4.39 Å². The van der Waals surface area contributed by atoms with Gasteiger partial charge in [-0.15, -0.1) is 10.2 Å². The number of amides is 1. The molecule has 0 unspecified atom stereocenters. The highest BCUT2D eigenvalue weighted by atomic mass is 35.5. The molecule has 0 aliphatic heterocycles. The van der Waals surface area contributed by atoms with Crippen LogP contribution in [-0.2, 0) is 12.5 Å². The highest BCUT2D eigenvalue weighted by molar-refractivity contribution is 6.35. The van der Waals surface area contributed by atoms with Crippen LogP contribution < -0.4 is 5.73 Å². The van der Waals surface area contributed by atoms with Crippen molar-refractivity contribution in [3.63, 3.8) is 0 Å². The van der Waals surface area contributed by atoms with Gasteiger partial charge in [-0.25, -0.2) is 9.37 Å². The molecule has 0 spiro atoms. The summed E-state index contributed by atoms with van der Waals surface area (Å²) in [6, 6.07) is 9.28. The minimum absolute atomic E-state index is 0.00647. The summed E-state index contributed by atoms with van der Waals surface area (Å²) in [5, 5.41) is 8.66. The summed E-state index contributed by atoms with van der Waals surface area (Å²) in [4.78, 5) is 15.6. The van der Waals surface area contributed by atoms with Crippen molar-refractivity contribution in [1.82, 2.24) is 24.3 Å². The smallest absolute Gasteiger partial charge is 0.267 e. The Morgan fingerprint density at radius 2 is 2.10 bits per heavy atom. The Hall–Kier alpha value is -3.26. The fourth-order valence-electron chi connectivity index (χ4n) is 4.82. The molecule has 9 heteroatoms. The summed E-state index contributed by atoms with van der Waals surface area (Å²) in [6.45, 7) is 2.22. The van der Waals surface area contributed by atoms with Crippen molar-refractivity contribution in [3.8, 4) is 5.69 Å². The molecule has 4 aromatic rings. The van der Waals surface area contributed by atoms with Crippen LogP contribution in [0.15, 0.2) is 42.9 Å². The van der Waals surface area contributed by atoms with Crippen molar-refractivity contribution in [3.05, 3.63) is 70.8 Å². The van der Waals surface area contributed by atoms with E-state index in [4.69, 9.17) is 17.3 Å². The number of carbonyl (C=O) groups is 1. The van der Waals surface area contributed by atoms with Crippen LogP contribution in [0.2, 0.25) is 5.02 Å². The molecule has 7 nitrogen and oxygen atoms in total. The molecule has 0 atom stereocenters. The summed E-state index contributed by atoms with van der Waals surface area (Å²) < 4.78 is 18.3. The Kier molecular flexibility index (Phi) is 4.37. The van der Waals surface area contributed by atoms with Gasteiger partial charge < -0.3 is 14.9 Å². The van der Waals surface area contributed by atoms with Crippen LogP contribution >= 0.6 is 11.6 Å². The van der Waals surface area contributed by atoms with Crippen molar-refractivity contribution in [2.45, 2.75) is 25.2 Å². The second-order valence-corrected chi connectivity index (χ2v) is 8.72. The monoisotopic (exact) mass is 438 g/mol. The van der Waals surface area contributed by atoms with Crippen molar-refractivity contribution >= 4 is 28.5 Å². The molecule has 1 aromatic carbocycles. The van der Waals surface area contributed by atoms with Gasteiger partial charge in [-0.1, -0.05) is 30.7 Å². The highest BCUT2D eigenvalue weighted by Gasteiger charge is 2.48. The van der Waals surface area contributed by atoms with Crippen LogP contribution in [0.5, 0.6) is 0 Å². The van der Waals surface area contributed by atoms with Crippen LogP contribution in [0.3, 0.4) is 0 Å². The average molecular weight is 439 g/mol. The Bertz CT molecular complexity index is 1340. The largest absolute Gasteiger partial charge is 0.364 e. The molecule has 1 amide bonds. The van der Waals surface area contributed by atoms with Crippen LogP contribution in [0, 0.1) is 11.7 Å². The quantitative estimate of drug-likeness (QED) is 0.525. The molecular weight excluding hydrogens is 419 g/mol. The minimum atomic E-state index is -0.761. The molecular formula is C22H20ClFN6O. The maximum atomic E-state index is 14.7. The maximum Gasteiger partial charge on any atom is 0.267 e. The van der Waals surface area contributed by atoms with E-state index in [-0.39, 0.29) is 21.6 Å². The zero-order chi connectivity index (χ0) is 21.9. The molecule has 0 radical (unpaired) electrons. The van der Waals surface area contributed by atoms with Gasteiger partial charge >= 0.3 is 0 Å². The summed E-state index contributed by atoms with van der Waals surface area (Å²) in [5.41, 5.74) is 7.19. The summed E-state index contributed by atoms with van der Waals surface area (Å²) in [5.74, 6) is 0.140. The lowest BCUT2D eigenvalue weighted by Gasteiger charge is -2.46.